The van der Waals surface area contributed by atoms with Crippen LogP contribution >= 0.6 is 0 Å². The van der Waals surface area contributed by atoms with Gasteiger partial charge in [-0.3, -0.25) is 0 Å². The van der Waals surface area contributed by atoms with Crippen LogP contribution in [0.2, 0.25) is 0 Å². The van der Waals surface area contributed by atoms with Crippen LogP contribution < -0.4 is 0 Å². The van der Waals surface area contributed by atoms with Crippen LogP contribution in [0, 0.1) is 0 Å². The maximum absolute atomic E-state index is 13.0. The summed E-state index contributed by atoms with van der Waals surface area (Å²) in [6.07, 6.45) is 0. The second kappa shape index (κ2) is 7.41. The second-order valence-corrected chi connectivity index (χ2v) is 6.97. The predicted molar refractivity (Wildman–Crippen MR) is 119 cm³/mol. The lowest BCUT2D eigenvalue weighted by Crippen LogP contribution is -2.08. The Kier molecular flexibility index (Phi) is 4.45. The van der Waals surface area contributed by atoms with Crippen molar-refractivity contribution < 1.29 is 9.53 Å². The third-order valence-electron chi connectivity index (χ3n) is 5.18. The number of hydrogen-bond donors (Lipinski definition) is 0. The molecule has 0 aliphatic carbocycles. The van der Waals surface area contributed by atoms with E-state index in [0.29, 0.717) is 22.5 Å². The van der Waals surface area contributed by atoms with Gasteiger partial charge in [-0.15, -0.1) is 0 Å². The van der Waals surface area contributed by atoms with E-state index in [4.69, 9.17) is 14.7 Å². The fourth-order valence-corrected chi connectivity index (χ4v) is 3.79. The summed E-state index contributed by atoms with van der Waals surface area (Å²) in [5.74, 6) is -0.407. The van der Waals surface area contributed by atoms with E-state index in [1.807, 2.05) is 91.0 Å². The maximum atomic E-state index is 13.0. The molecule has 0 aliphatic heterocycles. The fraction of sp³-hybridized carbons (Fsp3) is 0.0385. The van der Waals surface area contributed by atoms with Gasteiger partial charge in [0, 0.05) is 21.9 Å². The van der Waals surface area contributed by atoms with E-state index in [2.05, 4.69) is 0 Å². The number of para-hydroxylation sites is 2. The van der Waals surface area contributed by atoms with E-state index in [0.717, 1.165) is 27.4 Å². The number of ether oxygens (including phenoxy) is 1. The summed E-state index contributed by atoms with van der Waals surface area (Å²) in [5.41, 5.74) is 5.06. The van der Waals surface area contributed by atoms with Crippen molar-refractivity contribution in [3.63, 3.8) is 0 Å². The van der Waals surface area contributed by atoms with Gasteiger partial charge < -0.3 is 4.74 Å². The average molecular weight is 390 g/mol. The first-order valence-corrected chi connectivity index (χ1v) is 9.69. The van der Waals surface area contributed by atoms with Crippen LogP contribution in [-0.2, 0) is 4.74 Å². The normalized spacial score (nSPS) is 11.0. The highest BCUT2D eigenvalue weighted by Gasteiger charge is 2.24. The molecule has 0 N–H and O–H groups in total. The molecule has 0 saturated carbocycles. The number of hydrogen-bond acceptors (Lipinski definition) is 4. The van der Waals surface area contributed by atoms with Crippen LogP contribution in [0.3, 0.4) is 0 Å². The van der Waals surface area contributed by atoms with Crippen molar-refractivity contribution in [3.05, 3.63) is 96.6 Å². The summed E-state index contributed by atoms with van der Waals surface area (Å²) < 4.78 is 5.19. The molecule has 0 radical (unpaired) electrons. The molecule has 144 valence electrons. The van der Waals surface area contributed by atoms with Gasteiger partial charge in [-0.2, -0.15) is 0 Å². The lowest BCUT2D eigenvalue weighted by atomic mass is 9.94. The quantitative estimate of drug-likeness (QED) is 0.360. The van der Waals surface area contributed by atoms with Crippen LogP contribution in [-0.4, -0.2) is 23.0 Å². The van der Waals surface area contributed by atoms with Crippen LogP contribution in [0.4, 0.5) is 0 Å². The lowest BCUT2D eigenvalue weighted by molar-refractivity contribution is 0.0604. The molecule has 0 aliphatic rings. The molecule has 4 nitrogen and oxygen atoms in total. The molecule has 2 aromatic heterocycles. The number of nitrogens with zero attached hydrogens (tertiary/aromatic N) is 2. The average Bonchev–Trinajstić information content (AvgIpc) is 2.82. The van der Waals surface area contributed by atoms with Crippen molar-refractivity contribution >= 4 is 27.8 Å². The topological polar surface area (TPSA) is 52.1 Å². The van der Waals surface area contributed by atoms with E-state index in [1.165, 1.54) is 7.11 Å². The molecule has 5 rings (SSSR count). The molecule has 0 fully saturated rings. The molecule has 2 heterocycles. The number of esters is 1. The Morgan fingerprint density at radius 3 is 2.23 bits per heavy atom. The second-order valence-electron chi connectivity index (χ2n) is 6.97. The van der Waals surface area contributed by atoms with Gasteiger partial charge in [0.1, 0.15) is 0 Å². The van der Waals surface area contributed by atoms with Gasteiger partial charge in [0.2, 0.25) is 0 Å². The first-order chi connectivity index (χ1) is 14.8. The number of carbonyl (C=O) groups is 1. The zero-order valence-corrected chi connectivity index (χ0v) is 16.4. The molecule has 0 unspecified atom stereocenters. The first-order valence-electron chi connectivity index (χ1n) is 9.69. The number of carbonyl (C=O) groups excluding carboxylic acids is 1. The number of fused-ring (bicyclic) bond motifs is 2. The van der Waals surface area contributed by atoms with Crippen molar-refractivity contribution in [2.45, 2.75) is 0 Å². The minimum atomic E-state index is -0.407. The third-order valence-corrected chi connectivity index (χ3v) is 5.18. The van der Waals surface area contributed by atoms with E-state index in [9.17, 15) is 4.79 Å². The molecular weight excluding hydrogens is 372 g/mol. The molecule has 3 aromatic carbocycles. The summed E-state index contributed by atoms with van der Waals surface area (Å²) in [6.45, 7) is 0. The van der Waals surface area contributed by atoms with E-state index in [-0.39, 0.29) is 0 Å². The zero-order valence-electron chi connectivity index (χ0n) is 16.4. The van der Waals surface area contributed by atoms with Crippen molar-refractivity contribution in [1.29, 1.82) is 0 Å². The number of pyridine rings is 2. The number of aromatic nitrogens is 2. The van der Waals surface area contributed by atoms with Crippen molar-refractivity contribution in [1.82, 2.24) is 9.97 Å². The van der Waals surface area contributed by atoms with Crippen molar-refractivity contribution in [2.75, 3.05) is 7.11 Å². The molecule has 4 heteroatoms. The first kappa shape index (κ1) is 18.0. The molecule has 30 heavy (non-hydrogen) atoms. The van der Waals surface area contributed by atoms with E-state index in [1.54, 1.807) is 0 Å². The SMILES string of the molecule is COC(=O)c1c(-c2ccc3ccccc3n2)c(-c2ccccc2)nc2ccccc12. The summed E-state index contributed by atoms with van der Waals surface area (Å²) in [6, 6.07) is 29.4. The van der Waals surface area contributed by atoms with Gasteiger partial charge in [0.05, 0.1) is 35.1 Å². The van der Waals surface area contributed by atoms with Gasteiger partial charge >= 0.3 is 5.97 Å². The number of rotatable bonds is 3. The molecule has 0 bridgehead atoms. The molecule has 0 atom stereocenters. The molecular formula is C26H18N2O2. The monoisotopic (exact) mass is 390 g/mol. The lowest BCUT2D eigenvalue weighted by Gasteiger charge is -2.16. The highest BCUT2D eigenvalue weighted by atomic mass is 16.5. The standard InChI is InChI=1S/C26H18N2O2/c1-30-26(29)23-19-12-6-8-14-21(19)28-25(18-10-3-2-4-11-18)24(23)22-16-15-17-9-5-7-13-20(17)27-22/h2-16H,1H3. The fourth-order valence-electron chi connectivity index (χ4n) is 3.79. The highest BCUT2D eigenvalue weighted by Crippen LogP contribution is 2.37. The largest absolute Gasteiger partial charge is 0.465 e. The zero-order chi connectivity index (χ0) is 20.5. The van der Waals surface area contributed by atoms with Crippen LogP contribution in [0.25, 0.3) is 44.3 Å². The Labute approximate surface area is 173 Å². The smallest absolute Gasteiger partial charge is 0.339 e. The Morgan fingerprint density at radius 2 is 1.43 bits per heavy atom. The molecule has 0 amide bonds. The summed E-state index contributed by atoms with van der Waals surface area (Å²) >= 11 is 0. The van der Waals surface area contributed by atoms with E-state index >= 15 is 0 Å². The van der Waals surface area contributed by atoms with Gasteiger partial charge in [0.15, 0.2) is 0 Å². The highest BCUT2D eigenvalue weighted by molar-refractivity contribution is 6.12. The minimum absolute atomic E-state index is 0.407. The van der Waals surface area contributed by atoms with Crippen LogP contribution in [0.15, 0.2) is 91.0 Å². The van der Waals surface area contributed by atoms with Gasteiger partial charge in [-0.1, -0.05) is 72.8 Å². The molecule has 0 spiro atoms. The summed E-state index contributed by atoms with van der Waals surface area (Å²) in [4.78, 5) is 22.8. The molecule has 0 saturated heterocycles. The minimum Gasteiger partial charge on any atom is -0.465 e. The van der Waals surface area contributed by atoms with E-state index < -0.39 is 5.97 Å². The van der Waals surface area contributed by atoms with Crippen molar-refractivity contribution in [2.24, 2.45) is 0 Å². The van der Waals surface area contributed by atoms with Crippen molar-refractivity contribution in [3.8, 4) is 22.5 Å². The molecule has 5 aromatic rings. The predicted octanol–water partition coefficient (Wildman–Crippen LogP) is 5.90. The van der Waals surface area contributed by atoms with Crippen LogP contribution in [0.5, 0.6) is 0 Å². The summed E-state index contributed by atoms with van der Waals surface area (Å²) in [5, 5.41) is 1.78. The number of benzene rings is 3. The Morgan fingerprint density at radius 1 is 0.733 bits per heavy atom. The maximum Gasteiger partial charge on any atom is 0.339 e. The number of methoxy groups -OCH3 is 1. The summed E-state index contributed by atoms with van der Waals surface area (Å²) in [7, 11) is 1.40. The third kappa shape index (κ3) is 2.99. The van der Waals surface area contributed by atoms with Gasteiger partial charge in [0.25, 0.3) is 0 Å². The Bertz CT molecular complexity index is 1390. The Hall–Kier alpha value is -4.05. The van der Waals surface area contributed by atoms with Crippen LogP contribution in [0.1, 0.15) is 10.4 Å². The Balaban J connectivity index is 1.93. The van der Waals surface area contributed by atoms with Gasteiger partial charge in [-0.25, -0.2) is 14.8 Å². The van der Waals surface area contributed by atoms with Gasteiger partial charge in [-0.05, 0) is 18.2 Å².